The Morgan fingerprint density at radius 3 is 2.69 bits per heavy atom. The number of aliphatic hydroxyl groups excluding tert-OH is 1. The minimum atomic E-state index is -0.328. The second-order valence-electron chi connectivity index (χ2n) is 7.09. The zero-order chi connectivity index (χ0) is 20.2. The van der Waals surface area contributed by atoms with E-state index >= 15 is 0 Å². The second kappa shape index (κ2) is 8.40. The van der Waals surface area contributed by atoms with Gasteiger partial charge in [-0.2, -0.15) is 5.10 Å². The summed E-state index contributed by atoms with van der Waals surface area (Å²) in [4.78, 5) is 19.3. The Bertz CT molecular complexity index is 981. The molecule has 1 aliphatic rings. The molecule has 0 radical (unpaired) electrons. The number of hydrogen-bond donors (Lipinski definition) is 2. The third-order valence-corrected chi connectivity index (χ3v) is 5.14. The van der Waals surface area contributed by atoms with E-state index < -0.39 is 0 Å². The van der Waals surface area contributed by atoms with Crippen LogP contribution in [-0.4, -0.2) is 45.5 Å². The lowest BCUT2D eigenvalue weighted by Gasteiger charge is -2.33. The van der Waals surface area contributed by atoms with E-state index in [4.69, 9.17) is 0 Å². The maximum Gasteiger partial charge on any atom is 0.258 e. The van der Waals surface area contributed by atoms with Crippen LogP contribution in [0, 0.1) is 11.7 Å². The summed E-state index contributed by atoms with van der Waals surface area (Å²) in [5, 5.41) is 16.4. The minimum Gasteiger partial charge on any atom is -0.396 e. The standard InChI is InChI=1S/C21H22FN5O2/c22-17-3-5-18(6-4-17)27-13-16(12-24-27)21(29)25-19-2-1-9-23-20(19)26-10-7-15(14-28)8-11-26/h1-6,9,12-13,15,28H,7-8,10-11,14H2,(H,25,29). The Labute approximate surface area is 167 Å². The van der Waals surface area contributed by atoms with Gasteiger partial charge in [0.25, 0.3) is 5.91 Å². The molecule has 4 rings (SSSR count). The van der Waals surface area contributed by atoms with E-state index in [1.165, 1.54) is 23.0 Å². The van der Waals surface area contributed by atoms with E-state index in [1.807, 2.05) is 6.07 Å². The van der Waals surface area contributed by atoms with Crippen molar-refractivity contribution >= 4 is 17.4 Å². The fourth-order valence-corrected chi connectivity index (χ4v) is 3.44. The molecule has 1 aliphatic heterocycles. The molecule has 2 N–H and O–H groups in total. The monoisotopic (exact) mass is 395 g/mol. The van der Waals surface area contributed by atoms with E-state index in [-0.39, 0.29) is 18.3 Å². The first-order valence-electron chi connectivity index (χ1n) is 9.57. The highest BCUT2D eigenvalue weighted by atomic mass is 19.1. The average molecular weight is 395 g/mol. The number of carbonyl (C=O) groups is 1. The molecule has 8 heteroatoms. The molecule has 3 aromatic rings. The van der Waals surface area contributed by atoms with Gasteiger partial charge in [0.15, 0.2) is 5.82 Å². The maximum absolute atomic E-state index is 13.1. The summed E-state index contributed by atoms with van der Waals surface area (Å²) < 4.78 is 14.6. The molecular weight excluding hydrogens is 373 g/mol. The quantitative estimate of drug-likeness (QED) is 0.694. The van der Waals surface area contributed by atoms with Gasteiger partial charge in [-0.1, -0.05) is 0 Å². The van der Waals surface area contributed by atoms with Gasteiger partial charge in [0.1, 0.15) is 5.82 Å². The number of benzene rings is 1. The number of pyridine rings is 1. The van der Waals surface area contributed by atoms with Crippen LogP contribution >= 0.6 is 0 Å². The fourth-order valence-electron chi connectivity index (χ4n) is 3.44. The summed E-state index contributed by atoms with van der Waals surface area (Å²) in [6, 6.07) is 9.49. The van der Waals surface area contributed by atoms with Crippen molar-refractivity contribution in [3.05, 3.63) is 66.4 Å². The van der Waals surface area contributed by atoms with Crippen molar-refractivity contribution in [2.75, 3.05) is 29.9 Å². The Balaban J connectivity index is 1.49. The highest BCUT2D eigenvalue weighted by molar-refractivity contribution is 6.05. The van der Waals surface area contributed by atoms with Gasteiger partial charge in [-0.05, 0) is 55.2 Å². The molecule has 1 fully saturated rings. The molecule has 7 nitrogen and oxygen atoms in total. The highest BCUT2D eigenvalue weighted by Crippen LogP contribution is 2.28. The van der Waals surface area contributed by atoms with E-state index in [0.717, 1.165) is 31.7 Å². The van der Waals surface area contributed by atoms with Crippen LogP contribution in [-0.2, 0) is 0 Å². The predicted molar refractivity (Wildman–Crippen MR) is 108 cm³/mol. The van der Waals surface area contributed by atoms with Crippen LogP contribution in [0.15, 0.2) is 55.0 Å². The first kappa shape index (κ1) is 19.1. The largest absolute Gasteiger partial charge is 0.396 e. The molecule has 0 atom stereocenters. The van der Waals surface area contributed by atoms with E-state index in [1.54, 1.807) is 30.6 Å². The van der Waals surface area contributed by atoms with Crippen molar-refractivity contribution in [2.24, 2.45) is 5.92 Å². The van der Waals surface area contributed by atoms with Crippen LogP contribution in [0.3, 0.4) is 0 Å². The van der Waals surface area contributed by atoms with E-state index in [9.17, 15) is 14.3 Å². The average Bonchev–Trinajstić information content (AvgIpc) is 3.25. The van der Waals surface area contributed by atoms with Crippen molar-refractivity contribution in [2.45, 2.75) is 12.8 Å². The van der Waals surface area contributed by atoms with Crippen LogP contribution in [0.25, 0.3) is 5.69 Å². The van der Waals surface area contributed by atoms with Crippen LogP contribution in [0.1, 0.15) is 23.2 Å². The summed E-state index contributed by atoms with van der Waals surface area (Å²) in [7, 11) is 0. The number of carbonyl (C=O) groups excluding carboxylic acids is 1. The van der Waals surface area contributed by atoms with E-state index in [0.29, 0.717) is 22.9 Å². The van der Waals surface area contributed by atoms with Crippen molar-refractivity contribution in [1.82, 2.24) is 14.8 Å². The van der Waals surface area contributed by atoms with Gasteiger partial charge < -0.3 is 15.3 Å². The number of piperidine rings is 1. The smallest absolute Gasteiger partial charge is 0.258 e. The second-order valence-corrected chi connectivity index (χ2v) is 7.09. The normalized spacial score (nSPS) is 14.8. The molecule has 0 bridgehead atoms. The first-order valence-corrected chi connectivity index (χ1v) is 9.57. The van der Waals surface area contributed by atoms with E-state index in [2.05, 4.69) is 20.3 Å². The number of aromatic nitrogens is 3. The molecule has 0 unspecified atom stereocenters. The third-order valence-electron chi connectivity index (χ3n) is 5.14. The third kappa shape index (κ3) is 4.27. The van der Waals surface area contributed by atoms with Crippen molar-refractivity contribution < 1.29 is 14.3 Å². The number of anilines is 2. The molecule has 1 amide bonds. The molecule has 0 spiro atoms. The van der Waals surface area contributed by atoms with Gasteiger partial charge in [-0.25, -0.2) is 14.1 Å². The molecule has 1 aromatic carbocycles. The number of rotatable bonds is 5. The molecule has 150 valence electrons. The lowest BCUT2D eigenvalue weighted by atomic mass is 9.98. The summed E-state index contributed by atoms with van der Waals surface area (Å²) >= 11 is 0. The van der Waals surface area contributed by atoms with Crippen LogP contribution < -0.4 is 10.2 Å². The summed E-state index contributed by atoms with van der Waals surface area (Å²) in [6.45, 7) is 1.78. The van der Waals surface area contributed by atoms with Gasteiger partial charge in [0.05, 0.1) is 23.1 Å². The van der Waals surface area contributed by atoms with Gasteiger partial charge in [0.2, 0.25) is 0 Å². The van der Waals surface area contributed by atoms with Gasteiger partial charge in [-0.15, -0.1) is 0 Å². The molecular formula is C21H22FN5O2. The van der Waals surface area contributed by atoms with Crippen LogP contribution in [0.5, 0.6) is 0 Å². The van der Waals surface area contributed by atoms with Crippen LogP contribution in [0.4, 0.5) is 15.9 Å². The summed E-state index contributed by atoms with van der Waals surface area (Å²) in [5.41, 5.74) is 1.69. The van der Waals surface area contributed by atoms with Gasteiger partial charge in [0, 0.05) is 32.1 Å². The number of hydrogen-bond acceptors (Lipinski definition) is 5. The summed E-state index contributed by atoms with van der Waals surface area (Å²) in [6.07, 6.45) is 6.57. The molecule has 2 aromatic heterocycles. The maximum atomic E-state index is 13.1. The molecule has 29 heavy (non-hydrogen) atoms. The topological polar surface area (TPSA) is 83.3 Å². The number of aliphatic hydroxyl groups is 1. The molecule has 3 heterocycles. The zero-order valence-corrected chi connectivity index (χ0v) is 15.8. The highest BCUT2D eigenvalue weighted by Gasteiger charge is 2.22. The SMILES string of the molecule is O=C(Nc1cccnc1N1CCC(CO)CC1)c1cnn(-c2ccc(F)cc2)c1. The number of nitrogens with one attached hydrogen (secondary N) is 1. The Morgan fingerprint density at radius 1 is 1.21 bits per heavy atom. The molecule has 0 aliphatic carbocycles. The molecule has 1 saturated heterocycles. The van der Waals surface area contributed by atoms with Gasteiger partial charge >= 0.3 is 0 Å². The molecule has 0 saturated carbocycles. The van der Waals surface area contributed by atoms with Crippen LogP contribution in [0.2, 0.25) is 0 Å². The lowest BCUT2D eigenvalue weighted by molar-refractivity contribution is 0.102. The number of nitrogens with zero attached hydrogens (tertiary/aromatic N) is 4. The minimum absolute atomic E-state index is 0.206. The summed E-state index contributed by atoms with van der Waals surface area (Å²) in [5.74, 6) is 0.428. The fraction of sp³-hybridized carbons (Fsp3) is 0.286. The van der Waals surface area contributed by atoms with Crippen molar-refractivity contribution in [1.29, 1.82) is 0 Å². The van der Waals surface area contributed by atoms with Crippen molar-refractivity contribution in [3.63, 3.8) is 0 Å². The first-order chi connectivity index (χ1) is 14.1. The Hall–Kier alpha value is -3.26. The van der Waals surface area contributed by atoms with Gasteiger partial charge in [-0.3, -0.25) is 4.79 Å². The Morgan fingerprint density at radius 2 is 1.97 bits per heavy atom. The zero-order valence-electron chi connectivity index (χ0n) is 15.8. The lowest BCUT2D eigenvalue weighted by Crippen LogP contribution is -2.35. The van der Waals surface area contributed by atoms with Crippen molar-refractivity contribution in [3.8, 4) is 5.69 Å². The predicted octanol–water partition coefficient (Wildman–Crippen LogP) is 2.87. The number of amides is 1. The Kier molecular flexibility index (Phi) is 5.53. The number of halogens is 1.